The van der Waals surface area contributed by atoms with Crippen LogP contribution in [0.2, 0.25) is 0 Å². The van der Waals surface area contributed by atoms with Gasteiger partial charge in [0.15, 0.2) is 5.13 Å². The lowest BCUT2D eigenvalue weighted by Gasteiger charge is -2.50. The average Bonchev–Trinajstić information content (AvgIpc) is 3.51. The Morgan fingerprint density at radius 1 is 1.15 bits per heavy atom. The Morgan fingerprint density at radius 3 is 2.41 bits per heavy atom. The molecular weight excluding hydrogens is 504 g/mol. The number of benzene rings is 1. The predicted octanol–water partition coefficient (Wildman–Crippen LogP) is 9.25. The number of aromatic nitrogens is 1. The summed E-state index contributed by atoms with van der Waals surface area (Å²) in [6, 6.07) is 6.67. The van der Waals surface area contributed by atoms with Crippen molar-refractivity contribution in [1.82, 2.24) is 4.98 Å². The molecule has 1 amide bonds. The van der Waals surface area contributed by atoms with E-state index < -0.39 is 0 Å². The van der Waals surface area contributed by atoms with Gasteiger partial charge in [0.05, 0.1) is 7.11 Å². The molecule has 3 aliphatic rings. The number of nitrogens with one attached hydrogen (secondary N) is 1. The van der Waals surface area contributed by atoms with Gasteiger partial charge in [0.25, 0.3) is 0 Å². The molecule has 1 N–H and O–H groups in total. The van der Waals surface area contributed by atoms with Crippen LogP contribution in [0.4, 0.5) is 5.13 Å². The summed E-state index contributed by atoms with van der Waals surface area (Å²) in [6.07, 6.45) is 10.3. The number of hydrogen-bond donors (Lipinski definition) is 1. The van der Waals surface area contributed by atoms with Gasteiger partial charge in [-0.25, -0.2) is 4.98 Å². The molecule has 5 rings (SSSR count). The van der Waals surface area contributed by atoms with Crippen LogP contribution in [0.3, 0.4) is 0 Å². The number of anilines is 1. The summed E-state index contributed by atoms with van der Waals surface area (Å²) in [5, 5.41) is 3.11. The number of amides is 1. The monoisotopic (exact) mass is 558 g/mol. The molecule has 2 fully saturated rings. The van der Waals surface area contributed by atoms with Crippen LogP contribution in [-0.4, -0.2) is 24.3 Å². The van der Waals surface area contributed by atoms with Gasteiger partial charge >= 0.3 is 0 Å². The standard InChI is InChI=1S/C22H30O2.C5H6N2OS.3C2H6/c1-4-5-15-13-20(23)22(2)11-10-18-17-9-7-16(24-3)12-14(17)6-8-19(18)21(15)22;1-4-2-6-5(9-4)7-3-8;3*1-2/h7,9,12,15,18-19,21H,4-6,8,10-11,13H2,1-3H3;2-3H,1H3,(H,6,7,8);3*1-2H3. The smallest absolute Gasteiger partial charge is 0.213 e. The lowest BCUT2D eigenvalue weighted by atomic mass is 9.54. The second-order valence-corrected chi connectivity index (χ2v) is 11.3. The first-order chi connectivity index (χ1) is 18.9. The van der Waals surface area contributed by atoms with Crippen LogP contribution in [-0.2, 0) is 16.0 Å². The molecule has 2 aromatic rings. The number of hydrogen-bond acceptors (Lipinski definition) is 5. The normalized spacial score (nSPS) is 25.6. The molecule has 5 nitrogen and oxygen atoms in total. The molecule has 1 aromatic heterocycles. The van der Waals surface area contributed by atoms with Crippen molar-refractivity contribution in [2.45, 2.75) is 113 Å². The highest BCUT2D eigenvalue weighted by Gasteiger charge is 2.58. The van der Waals surface area contributed by atoms with Crippen LogP contribution >= 0.6 is 11.3 Å². The average molecular weight is 559 g/mol. The maximum Gasteiger partial charge on any atom is 0.213 e. The number of ether oxygens (including phenoxy) is 1. The van der Waals surface area contributed by atoms with Crippen LogP contribution in [0.15, 0.2) is 24.4 Å². The van der Waals surface area contributed by atoms with Crippen LogP contribution in [0.1, 0.15) is 116 Å². The summed E-state index contributed by atoms with van der Waals surface area (Å²) >= 11 is 1.46. The Kier molecular flexibility index (Phi) is 15.6. The third kappa shape index (κ3) is 8.15. The fourth-order valence-corrected chi connectivity index (χ4v) is 7.48. The van der Waals surface area contributed by atoms with Crippen molar-refractivity contribution in [2.24, 2.45) is 23.2 Å². The zero-order valence-electron chi connectivity index (χ0n) is 26.2. The van der Waals surface area contributed by atoms with Crippen molar-refractivity contribution in [3.63, 3.8) is 0 Å². The number of carbonyl (C=O) groups is 2. The summed E-state index contributed by atoms with van der Waals surface area (Å²) < 4.78 is 5.42. The van der Waals surface area contributed by atoms with Gasteiger partial charge in [-0.15, -0.1) is 11.3 Å². The van der Waals surface area contributed by atoms with Crippen LogP contribution < -0.4 is 10.1 Å². The minimum absolute atomic E-state index is 0.0367. The first-order valence-electron chi connectivity index (χ1n) is 15.2. The predicted molar refractivity (Wildman–Crippen MR) is 167 cm³/mol. The number of Topliss-reactive ketones (excluding diaryl/α,β-unsaturated/α-hetero) is 1. The molecule has 2 saturated carbocycles. The van der Waals surface area contributed by atoms with Crippen molar-refractivity contribution in [3.8, 4) is 5.75 Å². The Hall–Kier alpha value is -2.21. The molecule has 0 saturated heterocycles. The molecule has 220 valence electrons. The molecule has 5 atom stereocenters. The summed E-state index contributed by atoms with van der Waals surface area (Å²) in [6.45, 7) is 18.5. The second kappa shape index (κ2) is 17.5. The van der Waals surface area contributed by atoms with E-state index in [1.807, 2.05) is 48.5 Å². The minimum atomic E-state index is -0.0367. The van der Waals surface area contributed by atoms with E-state index >= 15 is 0 Å². The number of methoxy groups -OCH3 is 1. The number of nitrogens with zero attached hydrogens (tertiary/aromatic N) is 1. The van der Waals surface area contributed by atoms with Crippen LogP contribution in [0.25, 0.3) is 0 Å². The van der Waals surface area contributed by atoms with Crippen molar-refractivity contribution < 1.29 is 14.3 Å². The SMILES string of the molecule is CC.CC.CC.CCCC1CC(=O)C2(C)CCC3c4ccc(OC)cc4CCC3C12.Cc1cnc(NC=O)s1. The lowest BCUT2D eigenvalue weighted by Crippen LogP contribution is -2.44. The molecule has 1 aromatic carbocycles. The quantitative estimate of drug-likeness (QED) is 0.371. The first kappa shape index (κ1) is 34.8. The van der Waals surface area contributed by atoms with E-state index in [-0.39, 0.29) is 5.41 Å². The highest BCUT2D eigenvalue weighted by Crippen LogP contribution is 2.62. The van der Waals surface area contributed by atoms with Gasteiger partial charge < -0.3 is 10.1 Å². The van der Waals surface area contributed by atoms with Gasteiger partial charge in [0, 0.05) is 22.9 Å². The number of aryl methyl sites for hydroxylation is 2. The fourth-order valence-electron chi connectivity index (χ4n) is 6.85. The van der Waals surface area contributed by atoms with Gasteiger partial charge in [0.1, 0.15) is 11.5 Å². The molecule has 0 aliphatic heterocycles. The lowest BCUT2D eigenvalue weighted by molar-refractivity contribution is -0.129. The number of fused-ring (bicyclic) bond motifs is 5. The van der Waals surface area contributed by atoms with E-state index in [1.165, 1.54) is 42.6 Å². The van der Waals surface area contributed by atoms with Gasteiger partial charge in [-0.05, 0) is 86.0 Å². The van der Waals surface area contributed by atoms with E-state index in [0.717, 1.165) is 29.9 Å². The summed E-state index contributed by atoms with van der Waals surface area (Å²) in [7, 11) is 1.75. The molecule has 0 bridgehead atoms. The topological polar surface area (TPSA) is 68.3 Å². The molecule has 39 heavy (non-hydrogen) atoms. The number of carbonyl (C=O) groups excluding carboxylic acids is 2. The van der Waals surface area contributed by atoms with Gasteiger partial charge in [-0.3, -0.25) is 9.59 Å². The minimum Gasteiger partial charge on any atom is -0.497 e. The van der Waals surface area contributed by atoms with Crippen LogP contribution in [0.5, 0.6) is 5.75 Å². The van der Waals surface area contributed by atoms with Crippen molar-refractivity contribution in [1.29, 1.82) is 0 Å². The largest absolute Gasteiger partial charge is 0.497 e. The second-order valence-electron chi connectivity index (χ2n) is 10.1. The molecule has 0 spiro atoms. The molecule has 6 heteroatoms. The first-order valence-corrected chi connectivity index (χ1v) is 16.1. The molecule has 0 radical (unpaired) electrons. The molecular formula is C33H54N2O3S. The van der Waals surface area contributed by atoms with E-state index in [0.29, 0.717) is 41.0 Å². The summed E-state index contributed by atoms with van der Waals surface area (Å²) in [5.41, 5.74) is 2.99. The number of ketones is 1. The van der Waals surface area contributed by atoms with E-state index in [9.17, 15) is 9.59 Å². The van der Waals surface area contributed by atoms with E-state index in [2.05, 4.69) is 42.3 Å². The highest BCUT2D eigenvalue weighted by molar-refractivity contribution is 7.15. The van der Waals surface area contributed by atoms with E-state index in [1.54, 1.807) is 18.9 Å². The van der Waals surface area contributed by atoms with Crippen LogP contribution in [0, 0.1) is 30.1 Å². The Bertz CT molecular complexity index is 1000. The van der Waals surface area contributed by atoms with Crippen molar-refractivity contribution in [3.05, 3.63) is 40.4 Å². The Morgan fingerprint density at radius 2 is 1.85 bits per heavy atom. The molecule has 3 aliphatic carbocycles. The summed E-state index contributed by atoms with van der Waals surface area (Å²) in [5.74, 6) is 4.13. The molecule has 5 unspecified atom stereocenters. The van der Waals surface area contributed by atoms with E-state index in [4.69, 9.17) is 4.74 Å². The third-order valence-corrected chi connectivity index (χ3v) is 9.08. The maximum absolute atomic E-state index is 12.8. The number of rotatable bonds is 5. The van der Waals surface area contributed by atoms with Gasteiger partial charge in [-0.1, -0.05) is 67.9 Å². The Labute approximate surface area is 242 Å². The zero-order valence-corrected chi connectivity index (χ0v) is 27.0. The Balaban J connectivity index is 0.000000425. The fraction of sp³-hybridized carbons (Fsp3) is 0.667. The zero-order chi connectivity index (χ0) is 29.6. The van der Waals surface area contributed by atoms with Gasteiger partial charge in [-0.2, -0.15) is 0 Å². The number of thiazole rings is 1. The third-order valence-electron chi connectivity index (χ3n) is 8.24. The molecule has 1 heterocycles. The summed E-state index contributed by atoms with van der Waals surface area (Å²) in [4.78, 5) is 27.6. The van der Waals surface area contributed by atoms with Crippen molar-refractivity contribution >= 4 is 28.7 Å². The van der Waals surface area contributed by atoms with Gasteiger partial charge in [0.2, 0.25) is 6.41 Å². The maximum atomic E-state index is 12.8. The highest BCUT2D eigenvalue weighted by atomic mass is 32.1. The van der Waals surface area contributed by atoms with Crippen molar-refractivity contribution in [2.75, 3.05) is 12.4 Å².